The number of nitrogens with zero attached hydrogens (tertiary/aromatic N) is 1. The van der Waals surface area contributed by atoms with Gasteiger partial charge in [0.15, 0.2) is 0 Å². The fourth-order valence-electron chi connectivity index (χ4n) is 3.13. The highest BCUT2D eigenvalue weighted by Crippen LogP contribution is 2.22. The highest BCUT2D eigenvalue weighted by molar-refractivity contribution is 7.87. The summed E-state index contributed by atoms with van der Waals surface area (Å²) in [7, 11) is -3.35. The number of hydrogen-bond acceptors (Lipinski definition) is 4. The van der Waals surface area contributed by atoms with Crippen molar-refractivity contribution in [1.82, 2.24) is 14.3 Å². The molecule has 0 radical (unpaired) electrons. The van der Waals surface area contributed by atoms with Crippen molar-refractivity contribution in [3.8, 4) is 0 Å². The maximum atomic E-state index is 12.4. The molecule has 0 aromatic carbocycles. The summed E-state index contributed by atoms with van der Waals surface area (Å²) in [5, 5.41) is 3.51. The largest absolute Gasteiger partial charge is 0.377 e. The van der Waals surface area contributed by atoms with Crippen molar-refractivity contribution >= 4 is 10.2 Å². The molecule has 122 valence electrons. The molecule has 0 amide bonds. The predicted molar refractivity (Wildman–Crippen MR) is 81.2 cm³/mol. The number of hydrogen-bond donors (Lipinski definition) is 2. The second kappa shape index (κ2) is 6.91. The van der Waals surface area contributed by atoms with Gasteiger partial charge in [0.1, 0.15) is 0 Å². The van der Waals surface area contributed by atoms with Crippen LogP contribution < -0.4 is 10.0 Å². The van der Waals surface area contributed by atoms with Gasteiger partial charge in [0, 0.05) is 32.3 Å². The third-order valence-electron chi connectivity index (χ3n) is 4.61. The van der Waals surface area contributed by atoms with E-state index in [1.807, 2.05) is 0 Å². The van der Waals surface area contributed by atoms with E-state index < -0.39 is 10.2 Å². The summed E-state index contributed by atoms with van der Waals surface area (Å²) < 4.78 is 34.6. The molecule has 1 aliphatic carbocycles. The molecule has 0 aromatic rings. The van der Waals surface area contributed by atoms with Crippen LogP contribution in [0.4, 0.5) is 0 Å². The first kappa shape index (κ1) is 15.7. The third-order valence-corrected chi connectivity index (χ3v) is 6.15. The Kier molecular flexibility index (Phi) is 5.16. The van der Waals surface area contributed by atoms with Gasteiger partial charge in [-0.2, -0.15) is 17.4 Å². The minimum Gasteiger partial charge on any atom is -0.377 e. The number of piperidine rings is 1. The summed E-state index contributed by atoms with van der Waals surface area (Å²) in [6.45, 7) is 3.39. The van der Waals surface area contributed by atoms with Crippen LogP contribution in [0, 0.1) is 5.92 Å². The smallest absolute Gasteiger partial charge is 0.279 e. The van der Waals surface area contributed by atoms with Crippen molar-refractivity contribution in [3.63, 3.8) is 0 Å². The third kappa shape index (κ3) is 4.63. The van der Waals surface area contributed by atoms with Crippen LogP contribution >= 0.6 is 0 Å². The lowest BCUT2D eigenvalue weighted by atomic mass is 10.00. The molecule has 2 heterocycles. The lowest BCUT2D eigenvalue weighted by Crippen LogP contribution is -2.49. The van der Waals surface area contributed by atoms with Gasteiger partial charge in [-0.3, -0.25) is 0 Å². The second-order valence-electron chi connectivity index (χ2n) is 6.54. The Morgan fingerprint density at radius 2 is 1.95 bits per heavy atom. The van der Waals surface area contributed by atoms with Gasteiger partial charge in [-0.1, -0.05) is 0 Å². The van der Waals surface area contributed by atoms with E-state index in [1.54, 1.807) is 4.31 Å². The summed E-state index contributed by atoms with van der Waals surface area (Å²) in [4.78, 5) is 0. The van der Waals surface area contributed by atoms with Gasteiger partial charge in [0.2, 0.25) is 0 Å². The zero-order valence-electron chi connectivity index (χ0n) is 12.6. The number of nitrogens with one attached hydrogen (secondary N) is 2. The Hall–Kier alpha value is -0.210. The summed E-state index contributed by atoms with van der Waals surface area (Å²) in [6.07, 6.45) is 6.67. The van der Waals surface area contributed by atoms with Crippen molar-refractivity contribution in [2.45, 2.75) is 50.7 Å². The summed E-state index contributed by atoms with van der Waals surface area (Å²) in [5.74, 6) is 0.443. The first-order valence-electron chi connectivity index (χ1n) is 8.23. The van der Waals surface area contributed by atoms with Crippen LogP contribution in [-0.2, 0) is 14.9 Å². The summed E-state index contributed by atoms with van der Waals surface area (Å²) >= 11 is 0. The zero-order valence-corrected chi connectivity index (χ0v) is 13.4. The van der Waals surface area contributed by atoms with Crippen LogP contribution in [-0.4, -0.2) is 57.7 Å². The fraction of sp³-hybridized carbons (Fsp3) is 1.00. The fourth-order valence-corrected chi connectivity index (χ4v) is 4.48. The van der Waals surface area contributed by atoms with E-state index in [2.05, 4.69) is 10.0 Å². The molecule has 0 aromatic heterocycles. The lowest BCUT2D eigenvalue weighted by Gasteiger charge is -2.32. The normalized spacial score (nSPS) is 31.6. The standard InChI is InChI=1S/C14H27N3O3S/c18-21(19,16-10-14-4-2-8-20-14)17-7-1-3-12(11-17)9-15-13-5-6-13/h12-16H,1-11H2. The first-order valence-corrected chi connectivity index (χ1v) is 9.67. The predicted octanol–water partition coefficient (Wildman–Crippen LogP) is 0.464. The minimum atomic E-state index is -3.35. The molecule has 0 spiro atoms. The molecule has 2 unspecified atom stereocenters. The van der Waals surface area contributed by atoms with Gasteiger partial charge in [-0.25, -0.2) is 0 Å². The minimum absolute atomic E-state index is 0.0527. The van der Waals surface area contributed by atoms with E-state index in [-0.39, 0.29) is 6.10 Å². The molecule has 1 saturated carbocycles. The van der Waals surface area contributed by atoms with Crippen LogP contribution in [0.5, 0.6) is 0 Å². The summed E-state index contributed by atoms with van der Waals surface area (Å²) in [6, 6.07) is 0.689. The van der Waals surface area contributed by atoms with E-state index in [1.165, 1.54) is 12.8 Å². The van der Waals surface area contributed by atoms with Crippen molar-refractivity contribution in [3.05, 3.63) is 0 Å². The van der Waals surface area contributed by atoms with Crippen LogP contribution in [0.3, 0.4) is 0 Å². The van der Waals surface area contributed by atoms with Gasteiger partial charge in [0.25, 0.3) is 10.2 Å². The zero-order chi connectivity index (χ0) is 14.7. The molecule has 3 fully saturated rings. The van der Waals surface area contributed by atoms with Crippen molar-refractivity contribution < 1.29 is 13.2 Å². The average Bonchev–Trinajstić information content (AvgIpc) is 3.17. The first-order chi connectivity index (χ1) is 10.1. The van der Waals surface area contributed by atoms with E-state index >= 15 is 0 Å². The molecule has 2 N–H and O–H groups in total. The molecule has 3 aliphatic rings. The maximum absolute atomic E-state index is 12.4. The monoisotopic (exact) mass is 317 g/mol. The molecule has 6 nitrogen and oxygen atoms in total. The molecular weight excluding hydrogens is 290 g/mol. The molecule has 7 heteroatoms. The molecule has 2 atom stereocenters. The molecule has 0 bridgehead atoms. The molecular formula is C14H27N3O3S. The topological polar surface area (TPSA) is 70.7 Å². The Morgan fingerprint density at radius 3 is 2.67 bits per heavy atom. The van der Waals surface area contributed by atoms with E-state index in [0.29, 0.717) is 31.6 Å². The molecule has 3 rings (SSSR count). The highest BCUT2D eigenvalue weighted by Gasteiger charge is 2.30. The van der Waals surface area contributed by atoms with Crippen molar-refractivity contribution in [2.24, 2.45) is 5.92 Å². The van der Waals surface area contributed by atoms with Gasteiger partial charge < -0.3 is 10.1 Å². The average molecular weight is 317 g/mol. The molecule has 2 saturated heterocycles. The van der Waals surface area contributed by atoms with Gasteiger partial charge >= 0.3 is 0 Å². The van der Waals surface area contributed by atoms with Gasteiger partial charge in [-0.05, 0) is 51.0 Å². The van der Waals surface area contributed by atoms with Crippen LogP contribution in [0.1, 0.15) is 38.5 Å². The van der Waals surface area contributed by atoms with Crippen LogP contribution in [0.2, 0.25) is 0 Å². The summed E-state index contributed by atoms with van der Waals surface area (Å²) in [5.41, 5.74) is 0. The van der Waals surface area contributed by atoms with Gasteiger partial charge in [-0.15, -0.1) is 0 Å². The molecule has 2 aliphatic heterocycles. The van der Waals surface area contributed by atoms with Crippen molar-refractivity contribution in [2.75, 3.05) is 32.8 Å². The number of rotatable bonds is 7. The lowest BCUT2D eigenvalue weighted by molar-refractivity contribution is 0.114. The second-order valence-corrected chi connectivity index (χ2v) is 8.29. The highest BCUT2D eigenvalue weighted by atomic mass is 32.2. The number of ether oxygens (including phenoxy) is 1. The van der Waals surface area contributed by atoms with E-state index in [0.717, 1.165) is 38.8 Å². The van der Waals surface area contributed by atoms with E-state index in [9.17, 15) is 8.42 Å². The quantitative estimate of drug-likeness (QED) is 0.716. The van der Waals surface area contributed by atoms with Gasteiger partial charge in [0.05, 0.1) is 6.10 Å². The maximum Gasteiger partial charge on any atom is 0.279 e. The molecule has 21 heavy (non-hydrogen) atoms. The van der Waals surface area contributed by atoms with Crippen LogP contribution in [0.25, 0.3) is 0 Å². The Labute approximate surface area is 127 Å². The van der Waals surface area contributed by atoms with Crippen molar-refractivity contribution in [1.29, 1.82) is 0 Å². The Balaban J connectivity index is 1.46. The Bertz CT molecular complexity index is 433. The SMILES string of the molecule is O=S(=O)(NCC1CCCO1)N1CCCC(CNC2CC2)C1. The van der Waals surface area contributed by atoms with Crippen LogP contribution in [0.15, 0.2) is 0 Å². The van der Waals surface area contributed by atoms with E-state index in [4.69, 9.17) is 4.74 Å². The Morgan fingerprint density at radius 1 is 1.10 bits per heavy atom.